The van der Waals surface area contributed by atoms with Crippen molar-refractivity contribution in [3.05, 3.63) is 0 Å². The number of nitrogens with zero attached hydrogens (tertiary/aromatic N) is 1. The molecule has 0 atom stereocenters. The van der Waals surface area contributed by atoms with Gasteiger partial charge >= 0.3 is 0 Å². The molecule has 2 rings (SSSR count). The van der Waals surface area contributed by atoms with E-state index in [0.717, 1.165) is 58.2 Å². The highest BCUT2D eigenvalue weighted by molar-refractivity contribution is 5.77. The standard InChI is InChI=1S/C17H32N2O2/c1-14(2)13-19-10-6-15(7-11-19)18-16(20)12-17(21)8-4-3-5-9-17/h14-15,21H,3-13H2,1-2H3,(H,18,20). The Morgan fingerprint density at radius 1 is 1.24 bits per heavy atom. The van der Waals surface area contributed by atoms with Gasteiger partial charge in [-0.2, -0.15) is 0 Å². The first-order chi connectivity index (χ1) is 9.97. The highest BCUT2D eigenvalue weighted by Crippen LogP contribution is 2.30. The van der Waals surface area contributed by atoms with E-state index in [-0.39, 0.29) is 5.91 Å². The van der Waals surface area contributed by atoms with Gasteiger partial charge in [0.05, 0.1) is 12.0 Å². The number of rotatable bonds is 5. The highest BCUT2D eigenvalue weighted by Gasteiger charge is 2.32. The van der Waals surface area contributed by atoms with Crippen LogP contribution in [-0.4, -0.2) is 47.2 Å². The minimum Gasteiger partial charge on any atom is -0.389 e. The molecule has 0 aromatic heterocycles. The Labute approximate surface area is 129 Å². The summed E-state index contributed by atoms with van der Waals surface area (Å²) >= 11 is 0. The molecule has 2 fully saturated rings. The van der Waals surface area contributed by atoms with Crippen molar-refractivity contribution in [3.8, 4) is 0 Å². The van der Waals surface area contributed by atoms with Gasteiger partial charge in [-0.3, -0.25) is 4.79 Å². The first kappa shape index (κ1) is 16.8. The molecule has 0 aromatic carbocycles. The summed E-state index contributed by atoms with van der Waals surface area (Å²) in [4.78, 5) is 14.6. The van der Waals surface area contributed by atoms with E-state index in [4.69, 9.17) is 0 Å². The van der Waals surface area contributed by atoms with Gasteiger partial charge in [0.2, 0.25) is 5.91 Å². The van der Waals surface area contributed by atoms with Crippen LogP contribution in [0.2, 0.25) is 0 Å². The van der Waals surface area contributed by atoms with Crippen LogP contribution in [0.4, 0.5) is 0 Å². The molecule has 0 aromatic rings. The summed E-state index contributed by atoms with van der Waals surface area (Å²) in [5.74, 6) is 0.749. The molecule has 1 aliphatic heterocycles. The van der Waals surface area contributed by atoms with Gasteiger partial charge in [-0.25, -0.2) is 0 Å². The number of aliphatic hydroxyl groups is 1. The largest absolute Gasteiger partial charge is 0.389 e. The van der Waals surface area contributed by atoms with Gasteiger partial charge in [-0.05, 0) is 31.6 Å². The molecule has 0 bridgehead atoms. The number of amides is 1. The van der Waals surface area contributed by atoms with E-state index in [9.17, 15) is 9.90 Å². The Morgan fingerprint density at radius 2 is 1.86 bits per heavy atom. The molecule has 122 valence electrons. The molecule has 1 saturated carbocycles. The molecule has 4 heteroatoms. The van der Waals surface area contributed by atoms with Crippen LogP contribution in [0, 0.1) is 5.92 Å². The number of hydrogen-bond acceptors (Lipinski definition) is 3. The Bertz CT molecular complexity index is 330. The van der Waals surface area contributed by atoms with Crippen molar-refractivity contribution in [3.63, 3.8) is 0 Å². The van der Waals surface area contributed by atoms with E-state index in [1.165, 1.54) is 6.42 Å². The maximum Gasteiger partial charge on any atom is 0.223 e. The second-order valence-corrected chi connectivity index (χ2v) is 7.50. The van der Waals surface area contributed by atoms with Gasteiger partial charge in [0.15, 0.2) is 0 Å². The summed E-state index contributed by atoms with van der Waals surface area (Å²) in [6.45, 7) is 7.80. The SMILES string of the molecule is CC(C)CN1CCC(NC(=O)CC2(O)CCCCC2)CC1. The Kier molecular flexibility index (Phi) is 6.06. The molecular formula is C17H32N2O2. The Balaban J connectivity index is 1.69. The molecule has 0 spiro atoms. The summed E-state index contributed by atoms with van der Waals surface area (Å²) in [7, 11) is 0. The minimum absolute atomic E-state index is 0.0432. The fraction of sp³-hybridized carbons (Fsp3) is 0.941. The number of piperidine rings is 1. The van der Waals surface area contributed by atoms with Gasteiger partial charge in [0.1, 0.15) is 0 Å². The predicted octanol–water partition coefficient (Wildman–Crippen LogP) is 2.31. The lowest BCUT2D eigenvalue weighted by atomic mass is 9.82. The summed E-state index contributed by atoms with van der Waals surface area (Å²) in [6.07, 6.45) is 7.24. The Hall–Kier alpha value is -0.610. The van der Waals surface area contributed by atoms with Crippen LogP contribution < -0.4 is 5.32 Å². The van der Waals surface area contributed by atoms with Crippen molar-refractivity contribution in [2.75, 3.05) is 19.6 Å². The second kappa shape index (κ2) is 7.59. The Morgan fingerprint density at radius 3 is 2.43 bits per heavy atom. The zero-order valence-corrected chi connectivity index (χ0v) is 13.7. The van der Waals surface area contributed by atoms with Gasteiger partial charge in [-0.15, -0.1) is 0 Å². The first-order valence-electron chi connectivity index (χ1n) is 8.71. The molecule has 1 aliphatic carbocycles. The third-order valence-corrected chi connectivity index (χ3v) is 4.85. The molecule has 21 heavy (non-hydrogen) atoms. The van der Waals surface area contributed by atoms with Crippen molar-refractivity contribution in [1.82, 2.24) is 10.2 Å². The second-order valence-electron chi connectivity index (χ2n) is 7.50. The molecule has 2 N–H and O–H groups in total. The normalized spacial score (nSPS) is 24.2. The van der Waals surface area contributed by atoms with E-state index in [1.807, 2.05) is 0 Å². The molecule has 1 amide bonds. The van der Waals surface area contributed by atoms with E-state index in [2.05, 4.69) is 24.1 Å². The van der Waals surface area contributed by atoms with Crippen LogP contribution in [0.1, 0.15) is 65.2 Å². The third kappa shape index (κ3) is 5.59. The fourth-order valence-electron chi connectivity index (χ4n) is 3.74. The number of carbonyl (C=O) groups excluding carboxylic acids is 1. The van der Waals surface area contributed by atoms with Crippen molar-refractivity contribution >= 4 is 5.91 Å². The molecule has 2 aliphatic rings. The van der Waals surface area contributed by atoms with Crippen LogP contribution in [-0.2, 0) is 4.79 Å². The maximum absolute atomic E-state index is 12.2. The molecule has 0 radical (unpaired) electrons. The van der Waals surface area contributed by atoms with E-state index in [0.29, 0.717) is 18.4 Å². The quantitative estimate of drug-likeness (QED) is 0.818. The van der Waals surface area contributed by atoms with Gasteiger partial charge < -0.3 is 15.3 Å². The lowest BCUT2D eigenvalue weighted by Gasteiger charge is -2.35. The zero-order valence-electron chi connectivity index (χ0n) is 13.7. The molecule has 1 saturated heterocycles. The summed E-state index contributed by atoms with van der Waals surface area (Å²) in [6, 6.07) is 0.299. The number of carbonyl (C=O) groups is 1. The monoisotopic (exact) mass is 296 g/mol. The lowest BCUT2D eigenvalue weighted by molar-refractivity contribution is -0.128. The number of likely N-dealkylation sites (tertiary alicyclic amines) is 1. The van der Waals surface area contributed by atoms with Crippen LogP contribution in [0.25, 0.3) is 0 Å². The maximum atomic E-state index is 12.2. The topological polar surface area (TPSA) is 52.6 Å². The molecule has 0 unspecified atom stereocenters. The van der Waals surface area contributed by atoms with Gasteiger partial charge in [0.25, 0.3) is 0 Å². The average Bonchev–Trinajstić information content (AvgIpc) is 2.40. The zero-order chi connectivity index (χ0) is 15.3. The summed E-state index contributed by atoms with van der Waals surface area (Å²) < 4.78 is 0. The lowest BCUT2D eigenvalue weighted by Crippen LogP contribution is -2.47. The number of nitrogens with one attached hydrogen (secondary N) is 1. The van der Waals surface area contributed by atoms with Crippen LogP contribution in [0.3, 0.4) is 0 Å². The average molecular weight is 296 g/mol. The van der Waals surface area contributed by atoms with Gasteiger partial charge in [0, 0.05) is 25.7 Å². The highest BCUT2D eigenvalue weighted by atomic mass is 16.3. The van der Waals surface area contributed by atoms with Crippen molar-refractivity contribution in [2.24, 2.45) is 5.92 Å². The fourth-order valence-corrected chi connectivity index (χ4v) is 3.74. The van der Waals surface area contributed by atoms with E-state index < -0.39 is 5.60 Å². The van der Waals surface area contributed by atoms with Crippen LogP contribution in [0.15, 0.2) is 0 Å². The smallest absolute Gasteiger partial charge is 0.223 e. The molecule has 1 heterocycles. The van der Waals surface area contributed by atoms with Crippen LogP contribution in [0.5, 0.6) is 0 Å². The molecular weight excluding hydrogens is 264 g/mol. The van der Waals surface area contributed by atoms with Gasteiger partial charge in [-0.1, -0.05) is 33.1 Å². The summed E-state index contributed by atoms with van der Waals surface area (Å²) in [5.41, 5.74) is -0.735. The van der Waals surface area contributed by atoms with Crippen molar-refractivity contribution in [1.29, 1.82) is 0 Å². The van der Waals surface area contributed by atoms with Crippen molar-refractivity contribution < 1.29 is 9.90 Å². The minimum atomic E-state index is -0.735. The predicted molar refractivity (Wildman–Crippen MR) is 85.1 cm³/mol. The van der Waals surface area contributed by atoms with Crippen LogP contribution >= 0.6 is 0 Å². The number of hydrogen-bond donors (Lipinski definition) is 2. The molecule has 4 nitrogen and oxygen atoms in total. The van der Waals surface area contributed by atoms with Crippen molar-refractivity contribution in [2.45, 2.75) is 76.9 Å². The van der Waals surface area contributed by atoms with E-state index in [1.54, 1.807) is 0 Å². The van der Waals surface area contributed by atoms with E-state index >= 15 is 0 Å². The third-order valence-electron chi connectivity index (χ3n) is 4.85. The summed E-state index contributed by atoms with van der Waals surface area (Å²) in [5, 5.41) is 13.6. The first-order valence-corrected chi connectivity index (χ1v) is 8.71.